The second kappa shape index (κ2) is 9.56. The molecule has 2 heterocycles. The van der Waals surface area contributed by atoms with Crippen LogP contribution < -0.4 is 5.32 Å². The number of benzene rings is 2. The number of rotatable bonds is 8. The molecule has 0 bridgehead atoms. The van der Waals surface area contributed by atoms with E-state index < -0.39 is 0 Å². The van der Waals surface area contributed by atoms with Gasteiger partial charge in [-0.2, -0.15) is 0 Å². The molecule has 1 atom stereocenters. The number of nitrogens with zero attached hydrogens (tertiary/aromatic N) is 2. The van der Waals surface area contributed by atoms with Gasteiger partial charge in [-0.3, -0.25) is 9.59 Å². The van der Waals surface area contributed by atoms with Gasteiger partial charge in [-0.15, -0.1) is 0 Å². The number of carbonyl (C=O) groups is 2. The molecule has 0 aliphatic heterocycles. The van der Waals surface area contributed by atoms with E-state index in [0.717, 1.165) is 16.5 Å². The fraction of sp³-hybridized carbons (Fsp3) is 0.231. The highest BCUT2D eigenvalue weighted by atomic mass is 16.2. The van der Waals surface area contributed by atoms with E-state index in [1.807, 2.05) is 68.8 Å². The van der Waals surface area contributed by atoms with E-state index in [1.54, 1.807) is 21.7 Å². The van der Waals surface area contributed by atoms with Crippen molar-refractivity contribution in [3.05, 3.63) is 95.9 Å². The van der Waals surface area contributed by atoms with Crippen LogP contribution in [0.3, 0.4) is 0 Å². The number of para-hydroxylation sites is 1. The fourth-order valence-electron chi connectivity index (χ4n) is 4.06. The number of hydrogen-bond donors (Lipinski definition) is 2. The predicted molar refractivity (Wildman–Crippen MR) is 127 cm³/mol. The molecule has 0 saturated carbocycles. The van der Waals surface area contributed by atoms with Gasteiger partial charge in [0.1, 0.15) is 5.69 Å². The fourth-order valence-corrected chi connectivity index (χ4v) is 4.06. The minimum atomic E-state index is -0.110. The molecule has 0 saturated heterocycles. The standard InChI is InChI=1S/C26H28N4O2/c1-29-16-8-13-24(29)25(31)27-15-14-20(17-19-9-4-3-5-10-19)30(2)26(32)22-18-28-23-12-7-6-11-21(22)23/h3-13,16,18,20,28H,14-15,17H2,1-2H3,(H,27,31). The molecule has 1 unspecified atom stereocenters. The second-order valence-corrected chi connectivity index (χ2v) is 8.06. The van der Waals surface area contributed by atoms with Crippen molar-refractivity contribution in [3.8, 4) is 0 Å². The summed E-state index contributed by atoms with van der Waals surface area (Å²) in [5.74, 6) is -0.140. The lowest BCUT2D eigenvalue weighted by Gasteiger charge is -2.28. The summed E-state index contributed by atoms with van der Waals surface area (Å²) in [6.45, 7) is 0.479. The summed E-state index contributed by atoms with van der Waals surface area (Å²) in [6, 6.07) is 21.5. The third-order valence-corrected chi connectivity index (χ3v) is 5.94. The smallest absolute Gasteiger partial charge is 0.267 e. The zero-order valence-corrected chi connectivity index (χ0v) is 18.4. The van der Waals surface area contributed by atoms with Crippen molar-refractivity contribution in [2.75, 3.05) is 13.6 Å². The maximum atomic E-state index is 13.4. The maximum absolute atomic E-state index is 13.4. The monoisotopic (exact) mass is 428 g/mol. The number of aryl methyl sites for hydroxylation is 1. The van der Waals surface area contributed by atoms with E-state index >= 15 is 0 Å². The van der Waals surface area contributed by atoms with Crippen molar-refractivity contribution in [2.45, 2.75) is 18.9 Å². The van der Waals surface area contributed by atoms with Gasteiger partial charge in [-0.05, 0) is 36.6 Å². The van der Waals surface area contributed by atoms with Gasteiger partial charge in [-0.25, -0.2) is 0 Å². The molecule has 164 valence electrons. The van der Waals surface area contributed by atoms with Crippen molar-refractivity contribution in [1.29, 1.82) is 0 Å². The number of H-pyrrole nitrogens is 1. The van der Waals surface area contributed by atoms with Crippen LogP contribution in [-0.2, 0) is 13.5 Å². The summed E-state index contributed by atoms with van der Waals surface area (Å²) in [5.41, 5.74) is 3.38. The normalized spacial score (nSPS) is 11.9. The zero-order valence-electron chi connectivity index (χ0n) is 18.4. The van der Waals surface area contributed by atoms with E-state index in [4.69, 9.17) is 0 Å². The SMILES string of the molecule is CN(C(=O)c1c[nH]c2ccccc12)C(CCNC(=O)c1cccn1C)Cc1ccccc1. The van der Waals surface area contributed by atoms with Gasteiger partial charge < -0.3 is 19.8 Å². The van der Waals surface area contributed by atoms with Gasteiger partial charge in [-0.1, -0.05) is 48.5 Å². The second-order valence-electron chi connectivity index (χ2n) is 8.06. The van der Waals surface area contributed by atoms with Crippen LogP contribution in [0.2, 0.25) is 0 Å². The topological polar surface area (TPSA) is 70.1 Å². The average molecular weight is 429 g/mol. The van der Waals surface area contributed by atoms with Crippen LogP contribution in [-0.4, -0.2) is 45.9 Å². The van der Waals surface area contributed by atoms with E-state index in [9.17, 15) is 9.59 Å². The maximum Gasteiger partial charge on any atom is 0.267 e. The first kappa shape index (κ1) is 21.4. The van der Waals surface area contributed by atoms with Crippen LogP contribution >= 0.6 is 0 Å². The van der Waals surface area contributed by atoms with Gasteiger partial charge in [0, 0.05) is 50.0 Å². The third kappa shape index (κ3) is 4.59. The van der Waals surface area contributed by atoms with Crippen LogP contribution in [0, 0.1) is 0 Å². The van der Waals surface area contributed by atoms with Crippen molar-refractivity contribution in [1.82, 2.24) is 19.8 Å². The summed E-state index contributed by atoms with van der Waals surface area (Å²) in [7, 11) is 3.69. The van der Waals surface area contributed by atoms with E-state index in [1.165, 1.54) is 0 Å². The lowest BCUT2D eigenvalue weighted by Crippen LogP contribution is -2.41. The molecule has 4 aromatic rings. The minimum Gasteiger partial charge on any atom is -0.360 e. The summed E-state index contributed by atoms with van der Waals surface area (Å²) in [5, 5.41) is 3.91. The zero-order chi connectivity index (χ0) is 22.5. The Hall–Kier alpha value is -3.80. The Kier molecular flexibility index (Phi) is 6.40. The molecule has 0 fully saturated rings. The molecule has 0 radical (unpaired) electrons. The molecule has 0 aliphatic carbocycles. The Labute approximate surface area is 187 Å². The number of carbonyl (C=O) groups excluding carboxylic acids is 2. The molecule has 2 N–H and O–H groups in total. The number of nitrogens with one attached hydrogen (secondary N) is 2. The quantitative estimate of drug-likeness (QED) is 0.445. The van der Waals surface area contributed by atoms with Gasteiger partial charge in [0.15, 0.2) is 0 Å². The Morgan fingerprint density at radius 2 is 1.78 bits per heavy atom. The molecular weight excluding hydrogens is 400 g/mol. The van der Waals surface area contributed by atoms with Gasteiger partial charge in [0.25, 0.3) is 11.8 Å². The largest absolute Gasteiger partial charge is 0.360 e. The first-order chi connectivity index (χ1) is 15.5. The molecule has 4 rings (SSSR count). The Morgan fingerprint density at radius 3 is 2.53 bits per heavy atom. The number of hydrogen-bond acceptors (Lipinski definition) is 2. The molecular formula is C26H28N4O2. The summed E-state index contributed by atoms with van der Waals surface area (Å²) in [4.78, 5) is 30.9. The van der Waals surface area contributed by atoms with Gasteiger partial charge >= 0.3 is 0 Å². The highest BCUT2D eigenvalue weighted by Gasteiger charge is 2.24. The van der Waals surface area contributed by atoms with Crippen LogP contribution in [0.1, 0.15) is 32.8 Å². The van der Waals surface area contributed by atoms with Crippen molar-refractivity contribution in [3.63, 3.8) is 0 Å². The van der Waals surface area contributed by atoms with Gasteiger partial charge in [0.05, 0.1) is 5.56 Å². The van der Waals surface area contributed by atoms with Gasteiger partial charge in [0.2, 0.25) is 0 Å². The third-order valence-electron chi connectivity index (χ3n) is 5.94. The van der Waals surface area contributed by atoms with Crippen molar-refractivity contribution in [2.24, 2.45) is 7.05 Å². The highest BCUT2D eigenvalue weighted by molar-refractivity contribution is 6.06. The highest BCUT2D eigenvalue weighted by Crippen LogP contribution is 2.21. The average Bonchev–Trinajstić information content (AvgIpc) is 3.44. The van der Waals surface area contributed by atoms with E-state index in [0.29, 0.717) is 30.6 Å². The molecule has 6 nitrogen and oxygen atoms in total. The number of aromatic nitrogens is 2. The Bertz CT molecular complexity index is 1210. The summed E-state index contributed by atoms with van der Waals surface area (Å²) < 4.78 is 1.80. The van der Waals surface area contributed by atoms with Crippen LogP contribution in [0.4, 0.5) is 0 Å². The molecule has 32 heavy (non-hydrogen) atoms. The minimum absolute atomic E-state index is 0.0304. The number of amides is 2. The van der Waals surface area contributed by atoms with E-state index in [2.05, 4.69) is 22.4 Å². The molecule has 0 aliphatic rings. The first-order valence-electron chi connectivity index (χ1n) is 10.8. The molecule has 2 aromatic heterocycles. The lowest BCUT2D eigenvalue weighted by molar-refractivity contribution is 0.0725. The van der Waals surface area contributed by atoms with Crippen molar-refractivity contribution >= 4 is 22.7 Å². The molecule has 2 aromatic carbocycles. The predicted octanol–water partition coefficient (Wildman–Crippen LogP) is 4.01. The summed E-state index contributed by atoms with van der Waals surface area (Å²) >= 11 is 0. The molecule has 0 spiro atoms. The number of fused-ring (bicyclic) bond motifs is 1. The molecule has 6 heteroatoms. The van der Waals surface area contributed by atoms with Crippen LogP contribution in [0.5, 0.6) is 0 Å². The van der Waals surface area contributed by atoms with Crippen LogP contribution in [0.25, 0.3) is 10.9 Å². The Balaban J connectivity index is 1.49. The van der Waals surface area contributed by atoms with E-state index in [-0.39, 0.29) is 17.9 Å². The lowest BCUT2D eigenvalue weighted by atomic mass is 10.0. The van der Waals surface area contributed by atoms with Crippen molar-refractivity contribution < 1.29 is 9.59 Å². The van der Waals surface area contributed by atoms with Crippen LogP contribution in [0.15, 0.2) is 79.1 Å². The number of aromatic amines is 1. The summed E-state index contributed by atoms with van der Waals surface area (Å²) in [6.07, 6.45) is 4.99. The number of likely N-dealkylation sites (N-methyl/N-ethyl adjacent to an activating group) is 1. The Morgan fingerprint density at radius 1 is 1.03 bits per heavy atom. The first-order valence-corrected chi connectivity index (χ1v) is 10.8. The molecule has 2 amide bonds.